The normalized spacial score (nSPS) is 8.92. The van der Waals surface area contributed by atoms with Gasteiger partial charge in [0.05, 0.1) is 23.9 Å². The Morgan fingerprint density at radius 2 is 0.750 bits per heavy atom. The van der Waals surface area contributed by atoms with E-state index in [4.69, 9.17) is 0 Å². The van der Waals surface area contributed by atoms with E-state index in [2.05, 4.69) is 0 Å². The van der Waals surface area contributed by atoms with Crippen LogP contribution in [-0.2, 0) is 36.0 Å². The second-order valence-electron chi connectivity index (χ2n) is 3.91. The van der Waals surface area contributed by atoms with E-state index >= 15 is 0 Å². The maximum Gasteiger partial charge on any atom is 2.00 e. The van der Waals surface area contributed by atoms with Gasteiger partial charge in [-0.25, -0.2) is 0 Å². The fourth-order valence-corrected chi connectivity index (χ4v) is 1.44. The van der Waals surface area contributed by atoms with Crippen LogP contribution in [0.15, 0.2) is 0 Å². The van der Waals surface area contributed by atoms with Gasteiger partial charge in [0.25, 0.3) is 0 Å². The summed E-state index contributed by atoms with van der Waals surface area (Å²) in [6.07, 6.45) is 0. The summed E-state index contributed by atoms with van der Waals surface area (Å²) in [5.41, 5.74) is 0. The van der Waals surface area contributed by atoms with Crippen molar-refractivity contribution in [3.63, 3.8) is 0 Å². The quantitative estimate of drug-likeness (QED) is 0.294. The third-order valence-corrected chi connectivity index (χ3v) is 2.14. The summed E-state index contributed by atoms with van der Waals surface area (Å²) >= 11 is 0. The van der Waals surface area contributed by atoms with Crippen molar-refractivity contribution in [1.82, 2.24) is 9.80 Å². The summed E-state index contributed by atoms with van der Waals surface area (Å²) in [6.45, 7) is -3.25. The van der Waals surface area contributed by atoms with Gasteiger partial charge in [0, 0.05) is 39.3 Å². The standard InChI is InChI=1S/C10H16N2O8.Co.2Na.H2O/c13-7(14)3-11(4-8(15)16)1-2-12(5-9(17)18)6-10(19)20;;;;/h1-6H2,(H,13,14)(H,15,16)(H,17,18)(H,19,20);;;;1H2/q;+2;2*+1;/p-4. The zero-order valence-corrected chi connectivity index (χ0v) is 18.3. The van der Waals surface area contributed by atoms with Crippen molar-refractivity contribution < 1.29 is 121 Å². The number of hydrogen-bond donors (Lipinski definition) is 0. The summed E-state index contributed by atoms with van der Waals surface area (Å²) in [4.78, 5) is 43.4. The molecule has 0 saturated heterocycles. The molecule has 0 saturated carbocycles. The van der Waals surface area contributed by atoms with Gasteiger partial charge in [-0.1, -0.05) is 0 Å². The molecule has 0 aliphatic heterocycles. The molecule has 1 radical (unpaired) electrons. The summed E-state index contributed by atoms with van der Waals surface area (Å²) in [7, 11) is 0. The Kier molecular flexibility index (Phi) is 28.9. The molecule has 11 nitrogen and oxygen atoms in total. The van der Waals surface area contributed by atoms with Crippen molar-refractivity contribution in [3.05, 3.63) is 0 Å². The van der Waals surface area contributed by atoms with Crippen molar-refractivity contribution in [2.75, 3.05) is 39.3 Å². The van der Waals surface area contributed by atoms with E-state index < -0.39 is 50.1 Å². The molecule has 0 fully saturated rings. The number of nitrogens with zero attached hydrogens (tertiary/aromatic N) is 2. The van der Waals surface area contributed by atoms with Gasteiger partial charge in [-0.2, -0.15) is 0 Å². The fraction of sp³-hybridized carbons (Fsp3) is 0.600. The second-order valence-corrected chi connectivity index (χ2v) is 3.91. The van der Waals surface area contributed by atoms with E-state index in [1.165, 1.54) is 0 Å². The van der Waals surface area contributed by atoms with Gasteiger partial charge in [0.1, 0.15) is 0 Å². The van der Waals surface area contributed by atoms with Gasteiger partial charge in [-0.05, 0) is 0 Å². The molecule has 0 bridgehead atoms. The Morgan fingerprint density at radius 3 is 0.875 bits per heavy atom. The van der Waals surface area contributed by atoms with Crippen LogP contribution in [0.4, 0.5) is 0 Å². The molecule has 0 aromatic heterocycles. The molecular formula is C10H14CoN2Na2O9. The molecule has 0 heterocycles. The first-order valence-corrected chi connectivity index (χ1v) is 5.44. The van der Waals surface area contributed by atoms with E-state index in [9.17, 15) is 39.6 Å². The van der Waals surface area contributed by atoms with E-state index in [0.717, 1.165) is 9.80 Å². The van der Waals surface area contributed by atoms with E-state index in [1.807, 2.05) is 0 Å². The fourth-order valence-electron chi connectivity index (χ4n) is 1.44. The number of hydrogen-bond acceptors (Lipinski definition) is 10. The molecular weight excluding hydrogens is 397 g/mol. The molecule has 0 aliphatic rings. The number of rotatable bonds is 11. The molecule has 0 aliphatic carbocycles. The molecule has 0 aromatic carbocycles. The summed E-state index contributed by atoms with van der Waals surface area (Å²) in [6, 6.07) is 0. The second kappa shape index (κ2) is 19.6. The molecule has 0 rings (SSSR count). The van der Waals surface area contributed by atoms with Crippen LogP contribution in [0.25, 0.3) is 0 Å². The number of carboxylic acids is 4. The number of carbonyl (C=O) groups is 4. The van der Waals surface area contributed by atoms with Crippen LogP contribution in [0, 0.1) is 0 Å². The largest absolute Gasteiger partial charge is 2.00 e. The zero-order valence-electron chi connectivity index (χ0n) is 13.2. The van der Waals surface area contributed by atoms with Gasteiger partial charge in [-0.3, -0.25) is 9.80 Å². The SMILES string of the molecule is O.O=C([O-])CN(CCN(CC(=O)[O-])CC(=O)[O-])CC(=O)[O-].[Co+2].[Na+].[Na+]. The maximum atomic E-state index is 10.4. The van der Waals surface area contributed by atoms with Crippen LogP contribution in [0.5, 0.6) is 0 Å². The van der Waals surface area contributed by atoms with Gasteiger partial charge >= 0.3 is 75.9 Å². The zero-order chi connectivity index (χ0) is 15.7. The molecule has 24 heavy (non-hydrogen) atoms. The smallest absolute Gasteiger partial charge is 0.549 e. The Balaban J connectivity index is -0.000000301. The molecule has 129 valence electrons. The molecule has 0 aromatic rings. The predicted molar refractivity (Wildman–Crippen MR) is 56.5 cm³/mol. The third-order valence-electron chi connectivity index (χ3n) is 2.14. The van der Waals surface area contributed by atoms with Crippen molar-refractivity contribution in [2.24, 2.45) is 0 Å². The minimum Gasteiger partial charge on any atom is -0.549 e. The first kappa shape index (κ1) is 35.4. The Morgan fingerprint density at radius 1 is 0.583 bits per heavy atom. The molecule has 0 unspecified atom stereocenters. The summed E-state index contributed by atoms with van der Waals surface area (Å²) < 4.78 is 0. The topological polar surface area (TPSA) is 198 Å². The first-order valence-electron chi connectivity index (χ1n) is 5.44. The Hall–Kier alpha value is 0.266. The van der Waals surface area contributed by atoms with Crippen molar-refractivity contribution >= 4 is 23.9 Å². The molecule has 14 heteroatoms. The van der Waals surface area contributed by atoms with Crippen LogP contribution >= 0.6 is 0 Å². The van der Waals surface area contributed by atoms with E-state index in [1.54, 1.807) is 0 Å². The average Bonchev–Trinajstić information content (AvgIpc) is 2.22. The Bertz CT molecular complexity index is 333. The van der Waals surface area contributed by atoms with E-state index in [0.29, 0.717) is 0 Å². The van der Waals surface area contributed by atoms with Crippen LogP contribution in [0.1, 0.15) is 0 Å². The average molecular weight is 411 g/mol. The maximum absolute atomic E-state index is 10.4. The van der Waals surface area contributed by atoms with Gasteiger partial charge in [0.2, 0.25) is 0 Å². The predicted octanol–water partition coefficient (Wildman–Crippen LogP) is -14.2. The van der Waals surface area contributed by atoms with Crippen LogP contribution in [-0.4, -0.2) is 78.4 Å². The van der Waals surface area contributed by atoms with E-state index in [-0.39, 0.29) is 94.5 Å². The summed E-state index contributed by atoms with van der Waals surface area (Å²) in [5.74, 6) is -6.12. The van der Waals surface area contributed by atoms with Crippen LogP contribution in [0.3, 0.4) is 0 Å². The van der Waals surface area contributed by atoms with Gasteiger partial charge in [0.15, 0.2) is 0 Å². The van der Waals surface area contributed by atoms with Crippen molar-refractivity contribution in [1.29, 1.82) is 0 Å². The van der Waals surface area contributed by atoms with Crippen LogP contribution < -0.4 is 79.5 Å². The molecule has 0 atom stereocenters. The van der Waals surface area contributed by atoms with Gasteiger partial charge in [-0.15, -0.1) is 0 Å². The van der Waals surface area contributed by atoms with Crippen LogP contribution in [0.2, 0.25) is 0 Å². The molecule has 0 spiro atoms. The molecule has 0 amide bonds. The first-order chi connectivity index (χ1) is 9.20. The minimum atomic E-state index is -1.53. The minimum absolute atomic E-state index is 0. The summed E-state index contributed by atoms with van der Waals surface area (Å²) in [5, 5.41) is 41.6. The Labute approximate surface area is 192 Å². The monoisotopic (exact) mass is 411 g/mol. The number of carbonyl (C=O) groups excluding carboxylic acids is 4. The molecule has 2 N–H and O–H groups in total. The number of carboxylic acid groups (broad SMARTS) is 4. The number of aliphatic carboxylic acids is 4. The van der Waals surface area contributed by atoms with Crippen molar-refractivity contribution in [3.8, 4) is 0 Å². The van der Waals surface area contributed by atoms with Crippen molar-refractivity contribution in [2.45, 2.75) is 0 Å². The third kappa shape index (κ3) is 22.3. The van der Waals surface area contributed by atoms with Gasteiger partial charge < -0.3 is 45.1 Å².